The number of phenolic OH excluding ortho intramolecular Hbond substituents is 1. The van der Waals surface area contributed by atoms with Gasteiger partial charge in [0, 0.05) is 13.1 Å². The number of nitrogens with zero attached hydrogens (tertiary/aromatic N) is 1. The maximum absolute atomic E-state index is 10.5. The second-order valence-corrected chi connectivity index (χ2v) is 2.36. The predicted octanol–water partition coefficient (Wildman–Crippen LogP) is 1.51. The van der Waals surface area contributed by atoms with E-state index in [-0.39, 0.29) is 5.75 Å². The summed E-state index contributed by atoms with van der Waals surface area (Å²) < 4.78 is 0. The first-order valence-corrected chi connectivity index (χ1v) is 3.37. The molecule has 12 heavy (non-hydrogen) atoms. The lowest BCUT2D eigenvalue weighted by Gasteiger charge is -2.12. The van der Waals surface area contributed by atoms with Crippen molar-refractivity contribution in [1.29, 1.82) is 0 Å². The number of hydrogen-bond donors (Lipinski definition) is 2. The van der Waals surface area contributed by atoms with Crippen LogP contribution in [0.25, 0.3) is 0 Å². The van der Waals surface area contributed by atoms with Crippen molar-refractivity contribution in [1.82, 2.24) is 0 Å². The molecule has 0 saturated heterocycles. The number of benzene rings is 1. The van der Waals surface area contributed by atoms with Crippen molar-refractivity contribution in [2.24, 2.45) is 0 Å². The fraction of sp³-hybridized carbons (Fsp3) is 0.125. The van der Waals surface area contributed by atoms with Gasteiger partial charge in [-0.3, -0.25) is 4.90 Å². The minimum Gasteiger partial charge on any atom is -0.508 e. The van der Waals surface area contributed by atoms with Gasteiger partial charge in [0.2, 0.25) is 0 Å². The molecule has 1 aromatic rings. The van der Waals surface area contributed by atoms with Crippen molar-refractivity contribution < 1.29 is 15.0 Å². The summed E-state index contributed by atoms with van der Waals surface area (Å²) in [6.07, 6.45) is -1.06. The van der Waals surface area contributed by atoms with Crippen LogP contribution in [0.4, 0.5) is 10.5 Å². The average molecular weight is 167 g/mol. The van der Waals surface area contributed by atoms with Crippen molar-refractivity contribution in [3.63, 3.8) is 0 Å². The van der Waals surface area contributed by atoms with Gasteiger partial charge in [-0.2, -0.15) is 0 Å². The molecule has 0 radical (unpaired) electrons. The summed E-state index contributed by atoms with van der Waals surface area (Å²) in [5.41, 5.74) is 0.447. The molecule has 0 spiro atoms. The number of carbonyl (C=O) groups is 1. The third-order valence-corrected chi connectivity index (χ3v) is 1.50. The lowest BCUT2D eigenvalue weighted by atomic mass is 10.3. The Bertz CT molecular complexity index is 298. The molecule has 0 aliphatic heterocycles. The van der Waals surface area contributed by atoms with E-state index < -0.39 is 6.09 Å². The maximum Gasteiger partial charge on any atom is 0.411 e. The summed E-state index contributed by atoms with van der Waals surface area (Å²) in [6, 6.07) is 6.06. The van der Waals surface area contributed by atoms with Crippen molar-refractivity contribution in [2.45, 2.75) is 0 Å². The third kappa shape index (κ3) is 1.66. The molecule has 2 N–H and O–H groups in total. The molecule has 0 bridgehead atoms. The van der Waals surface area contributed by atoms with Crippen LogP contribution in [0.2, 0.25) is 0 Å². The van der Waals surface area contributed by atoms with Gasteiger partial charge in [-0.05, 0) is 12.1 Å². The van der Waals surface area contributed by atoms with Gasteiger partial charge in [0.1, 0.15) is 5.75 Å². The number of anilines is 1. The molecule has 64 valence electrons. The van der Waals surface area contributed by atoms with Gasteiger partial charge in [0.15, 0.2) is 0 Å². The van der Waals surface area contributed by atoms with E-state index >= 15 is 0 Å². The van der Waals surface area contributed by atoms with Gasteiger partial charge in [0.05, 0.1) is 5.69 Å². The first kappa shape index (κ1) is 8.39. The van der Waals surface area contributed by atoms with Crippen LogP contribution in [-0.4, -0.2) is 23.4 Å². The van der Waals surface area contributed by atoms with E-state index in [2.05, 4.69) is 0 Å². The number of phenols is 1. The molecule has 0 atom stereocenters. The quantitative estimate of drug-likeness (QED) is 0.666. The first-order valence-electron chi connectivity index (χ1n) is 3.37. The van der Waals surface area contributed by atoms with Crippen LogP contribution in [0, 0.1) is 0 Å². The Kier molecular flexibility index (Phi) is 2.19. The molecule has 4 nitrogen and oxygen atoms in total. The summed E-state index contributed by atoms with van der Waals surface area (Å²) in [6.45, 7) is 0. The van der Waals surface area contributed by atoms with E-state index in [0.717, 1.165) is 4.90 Å². The molecule has 0 heterocycles. The lowest BCUT2D eigenvalue weighted by Crippen LogP contribution is -2.23. The van der Waals surface area contributed by atoms with Crippen LogP contribution in [0.3, 0.4) is 0 Å². The van der Waals surface area contributed by atoms with Gasteiger partial charge in [-0.1, -0.05) is 6.07 Å². The minimum atomic E-state index is -1.06. The van der Waals surface area contributed by atoms with E-state index in [1.165, 1.54) is 19.2 Å². The molecular formula is C8H9NO3. The summed E-state index contributed by atoms with van der Waals surface area (Å²) in [7, 11) is 1.41. The molecule has 1 aromatic carbocycles. The van der Waals surface area contributed by atoms with Crippen LogP contribution < -0.4 is 4.90 Å². The molecule has 0 fully saturated rings. The predicted molar refractivity (Wildman–Crippen MR) is 44.5 cm³/mol. The minimum absolute atomic E-state index is 0.0561. The van der Waals surface area contributed by atoms with E-state index in [4.69, 9.17) is 10.2 Å². The van der Waals surface area contributed by atoms with Crippen LogP contribution in [0.1, 0.15) is 0 Å². The first-order chi connectivity index (χ1) is 5.61. The Hall–Kier alpha value is -1.71. The van der Waals surface area contributed by atoms with E-state index in [1.54, 1.807) is 12.1 Å². The Labute approximate surface area is 69.7 Å². The fourth-order valence-electron chi connectivity index (χ4n) is 0.812. The van der Waals surface area contributed by atoms with E-state index in [9.17, 15) is 4.79 Å². The van der Waals surface area contributed by atoms with Crippen LogP contribution in [-0.2, 0) is 0 Å². The zero-order valence-corrected chi connectivity index (χ0v) is 6.56. The Morgan fingerprint density at radius 2 is 2.17 bits per heavy atom. The Balaban J connectivity index is 2.95. The zero-order chi connectivity index (χ0) is 9.14. The van der Waals surface area contributed by atoms with Gasteiger partial charge in [0.25, 0.3) is 0 Å². The van der Waals surface area contributed by atoms with Crippen LogP contribution >= 0.6 is 0 Å². The highest BCUT2D eigenvalue weighted by Gasteiger charge is 2.07. The number of hydrogen-bond acceptors (Lipinski definition) is 2. The SMILES string of the molecule is CN(C(=O)O)c1cccc(O)c1. The smallest absolute Gasteiger partial charge is 0.411 e. The van der Waals surface area contributed by atoms with Crippen molar-refractivity contribution in [2.75, 3.05) is 11.9 Å². The molecule has 0 aliphatic carbocycles. The summed E-state index contributed by atoms with van der Waals surface area (Å²) in [5.74, 6) is 0.0561. The van der Waals surface area contributed by atoms with E-state index in [0.29, 0.717) is 5.69 Å². The standard InChI is InChI=1S/C8H9NO3/c1-9(8(11)12)6-3-2-4-7(10)5-6/h2-5,10H,1H3,(H,11,12). The van der Waals surface area contributed by atoms with Crippen molar-refractivity contribution >= 4 is 11.8 Å². The second kappa shape index (κ2) is 3.13. The lowest BCUT2D eigenvalue weighted by molar-refractivity contribution is 0.203. The average Bonchev–Trinajstić information content (AvgIpc) is 2.03. The molecule has 1 amide bonds. The molecule has 0 aromatic heterocycles. The van der Waals surface area contributed by atoms with Gasteiger partial charge < -0.3 is 10.2 Å². The summed E-state index contributed by atoms with van der Waals surface area (Å²) >= 11 is 0. The number of amides is 1. The normalized spacial score (nSPS) is 9.42. The Morgan fingerprint density at radius 1 is 1.50 bits per heavy atom. The maximum atomic E-state index is 10.5. The Morgan fingerprint density at radius 3 is 2.67 bits per heavy atom. The number of carboxylic acid groups (broad SMARTS) is 1. The number of aromatic hydroxyl groups is 1. The van der Waals surface area contributed by atoms with Gasteiger partial charge >= 0.3 is 6.09 Å². The van der Waals surface area contributed by atoms with Gasteiger partial charge in [-0.25, -0.2) is 4.79 Å². The number of rotatable bonds is 1. The van der Waals surface area contributed by atoms with Gasteiger partial charge in [-0.15, -0.1) is 0 Å². The van der Waals surface area contributed by atoms with Crippen LogP contribution in [0.5, 0.6) is 5.75 Å². The molecule has 0 aliphatic rings. The molecular weight excluding hydrogens is 158 g/mol. The fourth-order valence-corrected chi connectivity index (χ4v) is 0.812. The highest BCUT2D eigenvalue weighted by atomic mass is 16.4. The second-order valence-electron chi connectivity index (χ2n) is 2.36. The largest absolute Gasteiger partial charge is 0.508 e. The molecule has 1 rings (SSSR count). The summed E-state index contributed by atoms with van der Waals surface area (Å²) in [5, 5.41) is 17.6. The molecule has 0 unspecified atom stereocenters. The van der Waals surface area contributed by atoms with E-state index in [1.807, 2.05) is 0 Å². The summed E-state index contributed by atoms with van der Waals surface area (Å²) in [4.78, 5) is 11.5. The highest BCUT2D eigenvalue weighted by Crippen LogP contribution is 2.18. The molecule has 4 heteroatoms. The monoisotopic (exact) mass is 167 g/mol. The van der Waals surface area contributed by atoms with Crippen molar-refractivity contribution in [3.8, 4) is 5.75 Å². The third-order valence-electron chi connectivity index (χ3n) is 1.50. The van der Waals surface area contributed by atoms with Crippen LogP contribution in [0.15, 0.2) is 24.3 Å². The highest BCUT2D eigenvalue weighted by molar-refractivity contribution is 5.85. The zero-order valence-electron chi connectivity index (χ0n) is 6.56. The van der Waals surface area contributed by atoms with Crippen molar-refractivity contribution in [3.05, 3.63) is 24.3 Å². The molecule has 0 saturated carbocycles. The topological polar surface area (TPSA) is 60.8 Å².